The molecule has 2 aliphatic rings. The first-order chi connectivity index (χ1) is 9.61. The van der Waals surface area contributed by atoms with E-state index in [4.69, 9.17) is 9.47 Å². The molecule has 20 heavy (non-hydrogen) atoms. The Labute approximate surface area is 119 Å². The van der Waals surface area contributed by atoms with Gasteiger partial charge in [-0.3, -0.25) is 9.59 Å². The Hall–Kier alpha value is -1.14. The molecular weight excluding hydrogens is 260 g/mol. The van der Waals surface area contributed by atoms with Crippen molar-refractivity contribution in [2.75, 3.05) is 33.4 Å². The van der Waals surface area contributed by atoms with E-state index in [1.807, 2.05) is 6.92 Å². The fourth-order valence-corrected chi connectivity index (χ4v) is 2.83. The maximum absolute atomic E-state index is 12.1. The Morgan fingerprint density at radius 2 is 2.40 bits per heavy atom. The summed E-state index contributed by atoms with van der Waals surface area (Å²) in [5.74, 6) is -0.254. The van der Waals surface area contributed by atoms with Crippen molar-refractivity contribution in [1.82, 2.24) is 10.2 Å². The molecule has 2 amide bonds. The lowest BCUT2D eigenvalue weighted by molar-refractivity contribution is -0.130. The zero-order chi connectivity index (χ0) is 14.5. The molecule has 2 fully saturated rings. The molecule has 0 saturated carbocycles. The highest BCUT2D eigenvalue weighted by Crippen LogP contribution is 2.20. The molecule has 3 atom stereocenters. The SMILES string of the molecule is COC[C@H](C)N1C[C@@H](C(=O)NC[C@@H]2CCCO2)CC1=O. The predicted octanol–water partition coefficient (Wildman–Crippen LogP) is 0.165. The van der Waals surface area contributed by atoms with E-state index >= 15 is 0 Å². The Morgan fingerprint density at radius 3 is 3.05 bits per heavy atom. The molecule has 0 spiro atoms. The van der Waals surface area contributed by atoms with Crippen LogP contribution in [0.1, 0.15) is 26.2 Å². The fraction of sp³-hybridized carbons (Fsp3) is 0.857. The van der Waals surface area contributed by atoms with E-state index in [0.717, 1.165) is 19.4 Å². The van der Waals surface area contributed by atoms with E-state index in [9.17, 15) is 9.59 Å². The molecule has 0 aromatic heterocycles. The molecule has 0 bridgehead atoms. The Balaban J connectivity index is 1.78. The van der Waals surface area contributed by atoms with Gasteiger partial charge in [0.2, 0.25) is 11.8 Å². The molecule has 2 saturated heterocycles. The van der Waals surface area contributed by atoms with Crippen molar-refractivity contribution in [2.24, 2.45) is 5.92 Å². The van der Waals surface area contributed by atoms with E-state index in [1.54, 1.807) is 12.0 Å². The topological polar surface area (TPSA) is 67.9 Å². The standard InChI is InChI=1S/C14H24N2O4/c1-10(9-19-2)16-8-11(6-13(16)17)14(18)15-7-12-4-3-5-20-12/h10-12H,3-9H2,1-2H3,(H,15,18)/t10-,11-,12-/m0/s1. The van der Waals surface area contributed by atoms with Gasteiger partial charge in [0.05, 0.1) is 24.7 Å². The van der Waals surface area contributed by atoms with Gasteiger partial charge in [0.25, 0.3) is 0 Å². The molecule has 114 valence electrons. The summed E-state index contributed by atoms with van der Waals surface area (Å²) in [4.78, 5) is 25.8. The Bertz CT molecular complexity index is 355. The molecule has 0 radical (unpaired) electrons. The van der Waals surface area contributed by atoms with Gasteiger partial charge >= 0.3 is 0 Å². The molecule has 6 nitrogen and oxygen atoms in total. The third-order valence-electron chi connectivity index (χ3n) is 4.00. The van der Waals surface area contributed by atoms with Crippen LogP contribution in [0, 0.1) is 5.92 Å². The predicted molar refractivity (Wildman–Crippen MR) is 73.1 cm³/mol. The van der Waals surface area contributed by atoms with Crippen molar-refractivity contribution < 1.29 is 19.1 Å². The van der Waals surface area contributed by atoms with Gasteiger partial charge in [-0.15, -0.1) is 0 Å². The highest BCUT2D eigenvalue weighted by Gasteiger charge is 2.36. The fourth-order valence-electron chi connectivity index (χ4n) is 2.83. The third-order valence-corrected chi connectivity index (χ3v) is 4.00. The average molecular weight is 284 g/mol. The highest BCUT2D eigenvalue weighted by molar-refractivity contribution is 5.89. The second-order valence-electron chi connectivity index (χ2n) is 5.63. The van der Waals surface area contributed by atoms with Gasteiger partial charge in [-0.1, -0.05) is 0 Å². The zero-order valence-corrected chi connectivity index (χ0v) is 12.3. The van der Waals surface area contributed by atoms with Crippen LogP contribution in [0.3, 0.4) is 0 Å². The first kappa shape index (κ1) is 15.3. The van der Waals surface area contributed by atoms with Crippen LogP contribution in [0.25, 0.3) is 0 Å². The van der Waals surface area contributed by atoms with E-state index in [0.29, 0.717) is 26.1 Å². The second kappa shape index (κ2) is 7.04. The van der Waals surface area contributed by atoms with Gasteiger partial charge in [-0.2, -0.15) is 0 Å². The first-order valence-electron chi connectivity index (χ1n) is 7.29. The molecule has 0 aliphatic carbocycles. The second-order valence-corrected chi connectivity index (χ2v) is 5.63. The summed E-state index contributed by atoms with van der Waals surface area (Å²) in [5.41, 5.74) is 0. The number of rotatable bonds is 6. The highest BCUT2D eigenvalue weighted by atomic mass is 16.5. The Kier molecular flexibility index (Phi) is 5.37. The number of hydrogen-bond donors (Lipinski definition) is 1. The lowest BCUT2D eigenvalue weighted by Crippen LogP contribution is -2.40. The molecule has 2 aliphatic heterocycles. The normalized spacial score (nSPS) is 27.9. The summed E-state index contributed by atoms with van der Waals surface area (Å²) in [6, 6.07) is 0.0171. The summed E-state index contributed by atoms with van der Waals surface area (Å²) in [6.07, 6.45) is 2.50. The number of hydrogen-bond acceptors (Lipinski definition) is 4. The molecule has 6 heteroatoms. The summed E-state index contributed by atoms with van der Waals surface area (Å²) >= 11 is 0. The van der Waals surface area contributed by atoms with E-state index in [1.165, 1.54) is 0 Å². The maximum atomic E-state index is 12.1. The minimum Gasteiger partial charge on any atom is -0.383 e. The van der Waals surface area contributed by atoms with Crippen molar-refractivity contribution in [3.05, 3.63) is 0 Å². The van der Waals surface area contributed by atoms with E-state index in [-0.39, 0.29) is 29.9 Å². The molecule has 0 aromatic rings. The average Bonchev–Trinajstić information content (AvgIpc) is 3.05. The van der Waals surface area contributed by atoms with Crippen LogP contribution in [0.2, 0.25) is 0 Å². The number of nitrogens with one attached hydrogen (secondary N) is 1. The molecule has 2 rings (SSSR count). The smallest absolute Gasteiger partial charge is 0.225 e. The van der Waals surface area contributed by atoms with E-state index < -0.39 is 0 Å². The van der Waals surface area contributed by atoms with Crippen LogP contribution in [0.5, 0.6) is 0 Å². The lowest BCUT2D eigenvalue weighted by atomic mass is 10.1. The number of carbonyl (C=O) groups excluding carboxylic acids is 2. The number of methoxy groups -OCH3 is 1. The van der Waals surface area contributed by atoms with Crippen LogP contribution in [0.4, 0.5) is 0 Å². The Morgan fingerprint density at radius 1 is 1.60 bits per heavy atom. The molecule has 0 unspecified atom stereocenters. The summed E-state index contributed by atoms with van der Waals surface area (Å²) in [6.45, 7) is 4.26. The number of ether oxygens (including phenoxy) is 2. The lowest BCUT2D eigenvalue weighted by Gasteiger charge is -2.24. The number of nitrogens with zero attached hydrogens (tertiary/aromatic N) is 1. The van der Waals surface area contributed by atoms with Crippen LogP contribution < -0.4 is 5.32 Å². The van der Waals surface area contributed by atoms with Crippen molar-refractivity contribution in [3.8, 4) is 0 Å². The van der Waals surface area contributed by atoms with Crippen LogP contribution in [-0.4, -0.2) is 62.3 Å². The van der Waals surface area contributed by atoms with Gasteiger partial charge in [-0.05, 0) is 19.8 Å². The van der Waals surface area contributed by atoms with Gasteiger partial charge < -0.3 is 19.7 Å². The summed E-state index contributed by atoms with van der Waals surface area (Å²) in [7, 11) is 1.61. The number of carbonyl (C=O) groups is 2. The van der Waals surface area contributed by atoms with Crippen molar-refractivity contribution >= 4 is 11.8 Å². The van der Waals surface area contributed by atoms with Gasteiger partial charge in [-0.25, -0.2) is 0 Å². The van der Waals surface area contributed by atoms with Crippen molar-refractivity contribution in [3.63, 3.8) is 0 Å². The first-order valence-corrected chi connectivity index (χ1v) is 7.29. The van der Waals surface area contributed by atoms with Gasteiger partial charge in [0.15, 0.2) is 0 Å². The molecule has 2 heterocycles. The summed E-state index contributed by atoms with van der Waals surface area (Å²) < 4.78 is 10.5. The van der Waals surface area contributed by atoms with Gasteiger partial charge in [0, 0.05) is 33.2 Å². The minimum atomic E-state index is -0.247. The van der Waals surface area contributed by atoms with Crippen molar-refractivity contribution in [2.45, 2.75) is 38.3 Å². The monoisotopic (exact) mass is 284 g/mol. The third kappa shape index (κ3) is 3.70. The van der Waals surface area contributed by atoms with Crippen LogP contribution >= 0.6 is 0 Å². The van der Waals surface area contributed by atoms with Crippen LogP contribution in [-0.2, 0) is 19.1 Å². The minimum absolute atomic E-state index is 0.0171. The quantitative estimate of drug-likeness (QED) is 0.755. The molecular formula is C14H24N2O4. The maximum Gasteiger partial charge on any atom is 0.225 e. The number of amides is 2. The van der Waals surface area contributed by atoms with Gasteiger partial charge in [0.1, 0.15) is 0 Å². The summed E-state index contributed by atoms with van der Waals surface area (Å²) in [5, 5.41) is 2.90. The van der Waals surface area contributed by atoms with E-state index in [2.05, 4.69) is 5.32 Å². The molecule has 1 N–H and O–H groups in total. The number of likely N-dealkylation sites (tertiary alicyclic amines) is 1. The van der Waals surface area contributed by atoms with Crippen molar-refractivity contribution in [1.29, 1.82) is 0 Å². The largest absolute Gasteiger partial charge is 0.383 e. The van der Waals surface area contributed by atoms with Crippen LogP contribution in [0.15, 0.2) is 0 Å². The zero-order valence-electron chi connectivity index (χ0n) is 12.3. The molecule has 0 aromatic carbocycles.